The molecule has 5 heteroatoms. The van der Waals surface area contributed by atoms with Gasteiger partial charge in [-0.15, -0.1) is 0 Å². The summed E-state index contributed by atoms with van der Waals surface area (Å²) < 4.78 is 27.6. The van der Waals surface area contributed by atoms with E-state index in [4.69, 9.17) is 4.74 Å². The number of sulfone groups is 1. The molecule has 3 rings (SSSR count). The number of unbranched alkanes of at least 4 members (excludes halogenated alkanes) is 3. The molecule has 0 radical (unpaired) electrons. The average Bonchev–Trinajstić information content (AvgIpc) is 2.99. The SMILES string of the molecule is CC.CCCCCCC(C)CC(=O)OC(CCc1ccccc1)CCc1ccccc1.CS(=O)(=O)Cc1ccccc1. The van der Waals surface area contributed by atoms with Crippen LogP contribution in [0, 0.1) is 5.92 Å². The fourth-order valence-corrected chi connectivity index (χ4v) is 5.42. The molecule has 3 aromatic rings. The van der Waals surface area contributed by atoms with E-state index in [2.05, 4.69) is 62.4 Å². The van der Waals surface area contributed by atoms with Crippen molar-refractivity contribution in [2.75, 3.05) is 6.26 Å². The second-order valence-electron chi connectivity index (χ2n) is 10.9. The van der Waals surface area contributed by atoms with E-state index in [1.807, 2.05) is 44.2 Å². The maximum absolute atomic E-state index is 12.6. The molecule has 0 fully saturated rings. The van der Waals surface area contributed by atoms with Crippen molar-refractivity contribution in [1.29, 1.82) is 0 Å². The van der Waals surface area contributed by atoms with E-state index in [1.165, 1.54) is 43.1 Å². The second-order valence-corrected chi connectivity index (χ2v) is 13.0. The van der Waals surface area contributed by atoms with Crippen LogP contribution in [-0.4, -0.2) is 26.7 Å². The third-order valence-electron chi connectivity index (χ3n) is 6.83. The lowest BCUT2D eigenvalue weighted by Gasteiger charge is -2.20. The molecule has 0 heterocycles. The zero-order valence-corrected chi connectivity index (χ0v) is 27.5. The Kier molecular flexibility index (Phi) is 20.0. The summed E-state index contributed by atoms with van der Waals surface area (Å²) in [6, 6.07) is 30.1. The van der Waals surface area contributed by atoms with Gasteiger partial charge in [-0.25, -0.2) is 8.42 Å². The number of ether oxygens (including phenoxy) is 1. The summed E-state index contributed by atoms with van der Waals surface area (Å²) in [7, 11) is -2.88. The smallest absolute Gasteiger partial charge is 0.306 e. The predicted octanol–water partition coefficient (Wildman–Crippen LogP) is 9.42. The van der Waals surface area contributed by atoms with Gasteiger partial charge in [0.2, 0.25) is 0 Å². The van der Waals surface area contributed by atoms with Gasteiger partial charge in [0.15, 0.2) is 9.84 Å². The molecule has 0 bridgehead atoms. The highest BCUT2D eigenvalue weighted by atomic mass is 32.2. The van der Waals surface area contributed by atoms with Gasteiger partial charge in [0.1, 0.15) is 6.10 Å². The van der Waals surface area contributed by atoms with Crippen molar-refractivity contribution in [3.63, 3.8) is 0 Å². The van der Waals surface area contributed by atoms with Crippen LogP contribution in [0.5, 0.6) is 0 Å². The van der Waals surface area contributed by atoms with Crippen molar-refractivity contribution < 1.29 is 17.9 Å². The van der Waals surface area contributed by atoms with Crippen LogP contribution in [-0.2, 0) is 38.0 Å². The first-order valence-corrected chi connectivity index (χ1v) is 17.8. The van der Waals surface area contributed by atoms with E-state index in [9.17, 15) is 13.2 Å². The monoisotopic (exact) mass is 594 g/mol. The van der Waals surface area contributed by atoms with Crippen molar-refractivity contribution >= 4 is 15.8 Å². The number of carbonyl (C=O) groups excluding carboxylic acids is 1. The van der Waals surface area contributed by atoms with Gasteiger partial charge in [0.25, 0.3) is 0 Å². The largest absolute Gasteiger partial charge is 0.462 e. The zero-order valence-electron chi connectivity index (χ0n) is 26.6. The second kappa shape index (κ2) is 22.6. The summed E-state index contributed by atoms with van der Waals surface area (Å²) in [5, 5.41) is 0. The molecule has 0 aliphatic rings. The molecule has 3 aromatic carbocycles. The van der Waals surface area contributed by atoms with Crippen LogP contribution in [0.2, 0.25) is 0 Å². The molecule has 0 aromatic heterocycles. The summed E-state index contributed by atoms with van der Waals surface area (Å²) in [4.78, 5) is 12.6. The molecule has 0 aliphatic heterocycles. The van der Waals surface area contributed by atoms with Crippen LogP contribution >= 0.6 is 0 Å². The van der Waals surface area contributed by atoms with E-state index in [-0.39, 0.29) is 17.8 Å². The van der Waals surface area contributed by atoms with Gasteiger partial charge >= 0.3 is 5.97 Å². The fourth-order valence-electron chi connectivity index (χ4n) is 4.62. The van der Waals surface area contributed by atoms with Crippen molar-refractivity contribution in [2.45, 2.75) is 104 Å². The molecular formula is C37H54O4S. The number of aryl methyl sites for hydroxylation is 2. The van der Waals surface area contributed by atoms with Crippen molar-refractivity contribution in [3.8, 4) is 0 Å². The van der Waals surface area contributed by atoms with Crippen molar-refractivity contribution in [1.82, 2.24) is 0 Å². The molecule has 0 spiro atoms. The van der Waals surface area contributed by atoms with E-state index in [0.717, 1.165) is 37.7 Å². The number of carbonyl (C=O) groups is 1. The molecule has 0 saturated heterocycles. The minimum atomic E-state index is -2.88. The predicted molar refractivity (Wildman–Crippen MR) is 178 cm³/mol. The lowest BCUT2D eigenvalue weighted by Crippen LogP contribution is -2.21. The van der Waals surface area contributed by atoms with Gasteiger partial charge in [-0.1, -0.05) is 151 Å². The van der Waals surface area contributed by atoms with Crippen LogP contribution in [0.3, 0.4) is 0 Å². The van der Waals surface area contributed by atoms with Crippen LogP contribution in [0.1, 0.15) is 95.8 Å². The summed E-state index contributed by atoms with van der Waals surface area (Å²) in [5.74, 6) is 0.510. The molecule has 0 amide bonds. The topological polar surface area (TPSA) is 60.4 Å². The third kappa shape index (κ3) is 19.2. The zero-order chi connectivity index (χ0) is 31.1. The number of esters is 1. The van der Waals surface area contributed by atoms with Gasteiger partial charge in [-0.05, 0) is 48.3 Å². The molecule has 0 saturated carbocycles. The van der Waals surface area contributed by atoms with Crippen LogP contribution in [0.25, 0.3) is 0 Å². The van der Waals surface area contributed by atoms with Gasteiger partial charge < -0.3 is 4.74 Å². The quantitative estimate of drug-likeness (QED) is 0.122. The Morgan fingerprint density at radius 3 is 1.57 bits per heavy atom. The number of rotatable bonds is 16. The Hall–Kier alpha value is -2.92. The maximum Gasteiger partial charge on any atom is 0.306 e. The summed E-state index contributed by atoms with van der Waals surface area (Å²) in [6.45, 7) is 8.40. The molecule has 1 unspecified atom stereocenters. The van der Waals surface area contributed by atoms with E-state index in [1.54, 1.807) is 12.1 Å². The first kappa shape index (κ1) is 37.1. The van der Waals surface area contributed by atoms with E-state index < -0.39 is 9.84 Å². The number of benzene rings is 3. The van der Waals surface area contributed by atoms with Crippen LogP contribution < -0.4 is 0 Å². The highest BCUT2D eigenvalue weighted by molar-refractivity contribution is 7.89. The summed E-state index contributed by atoms with van der Waals surface area (Å²) in [6.07, 6.45) is 11.6. The molecule has 0 aliphatic carbocycles. The Bertz CT molecular complexity index is 1120. The highest BCUT2D eigenvalue weighted by Crippen LogP contribution is 2.18. The van der Waals surface area contributed by atoms with E-state index in [0.29, 0.717) is 12.3 Å². The van der Waals surface area contributed by atoms with Crippen LogP contribution in [0.4, 0.5) is 0 Å². The summed E-state index contributed by atoms with van der Waals surface area (Å²) >= 11 is 0. The van der Waals surface area contributed by atoms with Crippen molar-refractivity contribution in [2.24, 2.45) is 5.92 Å². The summed E-state index contributed by atoms with van der Waals surface area (Å²) in [5.41, 5.74) is 3.45. The molecule has 0 N–H and O–H groups in total. The van der Waals surface area contributed by atoms with E-state index >= 15 is 0 Å². The number of hydrogen-bond acceptors (Lipinski definition) is 4. The van der Waals surface area contributed by atoms with Gasteiger partial charge in [0, 0.05) is 12.7 Å². The molecule has 1 atom stereocenters. The fraction of sp³-hybridized carbons (Fsp3) is 0.486. The normalized spacial score (nSPS) is 11.5. The molecule has 232 valence electrons. The Balaban J connectivity index is 0.000000564. The highest BCUT2D eigenvalue weighted by Gasteiger charge is 2.17. The van der Waals surface area contributed by atoms with Gasteiger partial charge in [-0.3, -0.25) is 4.79 Å². The van der Waals surface area contributed by atoms with Gasteiger partial charge in [-0.2, -0.15) is 0 Å². The first-order valence-electron chi connectivity index (χ1n) is 15.7. The third-order valence-corrected chi connectivity index (χ3v) is 7.69. The van der Waals surface area contributed by atoms with Crippen molar-refractivity contribution in [3.05, 3.63) is 108 Å². The standard InChI is InChI=1S/C27H38O2.C8H10O2S.C2H6/c1-3-4-5-8-13-23(2)22-27(28)29-26(20-18-24-14-9-6-10-15-24)21-19-25-16-11-7-12-17-25;1-11(9,10)7-8-5-3-2-4-6-8;1-2/h6-7,9-12,14-17,23,26H,3-5,8,13,18-22H2,1-2H3;2-6H,7H2,1H3;1-2H3. The molecule has 4 nitrogen and oxygen atoms in total. The first-order chi connectivity index (χ1) is 20.2. The Morgan fingerprint density at radius 2 is 1.14 bits per heavy atom. The minimum Gasteiger partial charge on any atom is -0.462 e. The number of hydrogen-bond donors (Lipinski definition) is 0. The molecule has 42 heavy (non-hydrogen) atoms. The average molecular weight is 595 g/mol. The lowest BCUT2D eigenvalue weighted by molar-refractivity contribution is -0.150. The lowest BCUT2D eigenvalue weighted by atomic mass is 9.99. The Labute approximate surface area is 256 Å². The Morgan fingerprint density at radius 1 is 0.690 bits per heavy atom. The maximum atomic E-state index is 12.6. The van der Waals surface area contributed by atoms with Gasteiger partial charge in [0.05, 0.1) is 5.75 Å². The van der Waals surface area contributed by atoms with Crippen LogP contribution in [0.15, 0.2) is 91.0 Å². The minimum absolute atomic E-state index is 0.0183. The molecular weight excluding hydrogens is 540 g/mol.